The lowest BCUT2D eigenvalue weighted by Gasteiger charge is -2.19. The Balaban J connectivity index is 1.58. The molecule has 2 aliphatic rings. The molecule has 0 atom stereocenters. The van der Waals surface area contributed by atoms with Crippen LogP contribution in [0.2, 0.25) is 0 Å². The van der Waals surface area contributed by atoms with Gasteiger partial charge in [0.05, 0.1) is 16.6 Å². The van der Waals surface area contributed by atoms with Crippen LogP contribution < -0.4 is 10.6 Å². The summed E-state index contributed by atoms with van der Waals surface area (Å²) in [5.41, 5.74) is 4.07. The second-order valence-electron chi connectivity index (χ2n) is 7.67. The van der Waals surface area contributed by atoms with Gasteiger partial charge in [0.25, 0.3) is 5.91 Å². The summed E-state index contributed by atoms with van der Waals surface area (Å²) in [6.45, 7) is 8.94. The first-order valence-corrected chi connectivity index (χ1v) is 10.8. The molecular weight excluding hydrogens is 378 g/mol. The quantitative estimate of drug-likeness (QED) is 0.738. The number of allylic oxidation sites excluding steroid dienone is 3. The molecule has 0 saturated heterocycles. The topological polar surface area (TPSA) is 79.3 Å². The molecule has 1 aliphatic carbocycles. The van der Waals surface area contributed by atoms with Crippen LogP contribution in [0.4, 0.5) is 0 Å². The van der Waals surface area contributed by atoms with E-state index in [0.717, 1.165) is 60.5 Å². The van der Waals surface area contributed by atoms with E-state index in [1.807, 2.05) is 24.3 Å². The van der Waals surface area contributed by atoms with E-state index in [4.69, 9.17) is 4.98 Å². The third-order valence-electron chi connectivity index (χ3n) is 5.90. The van der Waals surface area contributed by atoms with Gasteiger partial charge in [0.1, 0.15) is 5.82 Å². The first-order chi connectivity index (χ1) is 14.6. The Morgan fingerprint density at radius 3 is 2.93 bits per heavy atom. The fourth-order valence-corrected chi connectivity index (χ4v) is 4.20. The molecule has 1 aromatic heterocycles. The zero-order valence-corrected chi connectivity index (χ0v) is 17.7. The third-order valence-corrected chi connectivity index (χ3v) is 5.90. The van der Waals surface area contributed by atoms with Crippen LogP contribution in [0.25, 0.3) is 16.6 Å². The van der Waals surface area contributed by atoms with Gasteiger partial charge in [-0.05, 0) is 44.1 Å². The minimum atomic E-state index is -0.0627. The summed E-state index contributed by atoms with van der Waals surface area (Å²) in [4.78, 5) is 32.2. The van der Waals surface area contributed by atoms with Crippen molar-refractivity contribution < 1.29 is 9.59 Å². The van der Waals surface area contributed by atoms with Gasteiger partial charge in [-0.3, -0.25) is 9.59 Å². The van der Waals surface area contributed by atoms with Crippen molar-refractivity contribution in [3.8, 4) is 0 Å². The van der Waals surface area contributed by atoms with E-state index >= 15 is 0 Å². The highest BCUT2D eigenvalue weighted by Crippen LogP contribution is 2.30. The highest BCUT2D eigenvalue weighted by Gasteiger charge is 2.23. The van der Waals surface area contributed by atoms with Crippen LogP contribution in [0.5, 0.6) is 0 Å². The molecule has 2 amide bonds. The van der Waals surface area contributed by atoms with Crippen molar-refractivity contribution in [1.29, 1.82) is 0 Å². The first kappa shape index (κ1) is 20.3. The fraction of sp³-hybridized carbons (Fsp3) is 0.435. The summed E-state index contributed by atoms with van der Waals surface area (Å²) in [5.74, 6) is 0.756. The number of carbonyl (C=O) groups is 2. The molecule has 0 fully saturated rings. The van der Waals surface area contributed by atoms with Crippen molar-refractivity contribution in [1.82, 2.24) is 25.1 Å². The Bertz CT molecular complexity index is 1030. The Hall–Kier alpha value is -2.93. The van der Waals surface area contributed by atoms with E-state index in [2.05, 4.69) is 40.0 Å². The van der Waals surface area contributed by atoms with Gasteiger partial charge in [0, 0.05) is 37.3 Å². The molecule has 158 valence electrons. The van der Waals surface area contributed by atoms with E-state index in [1.54, 1.807) is 0 Å². The average molecular weight is 408 g/mol. The number of aromatic nitrogens is 2. The largest absolute Gasteiger partial charge is 0.351 e. The number of hydrogen-bond acceptors (Lipinski definition) is 4. The van der Waals surface area contributed by atoms with E-state index in [0.29, 0.717) is 25.2 Å². The van der Waals surface area contributed by atoms with Gasteiger partial charge >= 0.3 is 0 Å². The van der Waals surface area contributed by atoms with Crippen LogP contribution in [0, 0.1) is 0 Å². The Kier molecular flexibility index (Phi) is 5.99. The summed E-state index contributed by atoms with van der Waals surface area (Å²) in [6, 6.07) is 5.64. The van der Waals surface area contributed by atoms with E-state index in [1.165, 1.54) is 0 Å². The van der Waals surface area contributed by atoms with Crippen LogP contribution in [0.3, 0.4) is 0 Å². The minimum absolute atomic E-state index is 0.00253. The molecule has 1 aromatic carbocycles. The lowest BCUT2D eigenvalue weighted by atomic mass is 9.98. The Morgan fingerprint density at radius 2 is 2.13 bits per heavy atom. The maximum Gasteiger partial charge on any atom is 0.253 e. The number of imidazole rings is 1. The zero-order chi connectivity index (χ0) is 21.1. The fourth-order valence-electron chi connectivity index (χ4n) is 4.20. The van der Waals surface area contributed by atoms with Crippen molar-refractivity contribution in [2.45, 2.75) is 33.2 Å². The molecular formula is C23H29N5O2. The second kappa shape index (κ2) is 8.83. The monoisotopic (exact) mass is 407 g/mol. The maximum absolute atomic E-state index is 12.7. The predicted octanol–water partition coefficient (Wildman–Crippen LogP) is 2.34. The van der Waals surface area contributed by atoms with Gasteiger partial charge in [-0.2, -0.15) is 0 Å². The number of hydrogen-bond donors (Lipinski definition) is 2. The highest BCUT2D eigenvalue weighted by molar-refractivity contribution is 6.06. The summed E-state index contributed by atoms with van der Waals surface area (Å²) >= 11 is 0. The second-order valence-corrected chi connectivity index (χ2v) is 7.67. The molecule has 0 saturated carbocycles. The number of nitrogens with one attached hydrogen (secondary N) is 2. The zero-order valence-electron chi connectivity index (χ0n) is 17.7. The number of likely N-dealkylation sites (N-methyl/N-ethyl adjacent to an activating group) is 1. The molecule has 2 N–H and O–H groups in total. The van der Waals surface area contributed by atoms with E-state index in [9.17, 15) is 9.59 Å². The van der Waals surface area contributed by atoms with E-state index < -0.39 is 0 Å². The van der Waals surface area contributed by atoms with Crippen LogP contribution in [0.1, 0.15) is 42.9 Å². The Morgan fingerprint density at radius 1 is 1.30 bits per heavy atom. The van der Waals surface area contributed by atoms with Crippen molar-refractivity contribution in [3.63, 3.8) is 0 Å². The number of rotatable bonds is 7. The van der Waals surface area contributed by atoms with Gasteiger partial charge < -0.3 is 20.1 Å². The smallest absolute Gasteiger partial charge is 0.253 e. The van der Waals surface area contributed by atoms with Crippen molar-refractivity contribution >= 4 is 28.4 Å². The van der Waals surface area contributed by atoms with Crippen LogP contribution >= 0.6 is 0 Å². The maximum atomic E-state index is 12.7. The normalized spacial score (nSPS) is 16.2. The van der Waals surface area contributed by atoms with Crippen molar-refractivity contribution in [2.75, 3.05) is 32.7 Å². The molecule has 2 heterocycles. The lowest BCUT2D eigenvalue weighted by Crippen LogP contribution is -2.35. The van der Waals surface area contributed by atoms with Crippen LogP contribution in [0.15, 0.2) is 35.9 Å². The average Bonchev–Trinajstić information content (AvgIpc) is 3.06. The summed E-state index contributed by atoms with van der Waals surface area (Å²) in [5, 5.41) is 6.00. The lowest BCUT2D eigenvalue weighted by molar-refractivity contribution is -0.117. The van der Waals surface area contributed by atoms with Crippen LogP contribution in [-0.2, 0) is 11.3 Å². The van der Waals surface area contributed by atoms with Crippen LogP contribution in [-0.4, -0.2) is 59.0 Å². The molecule has 0 spiro atoms. The number of nitrogens with zero attached hydrogens (tertiary/aromatic N) is 3. The summed E-state index contributed by atoms with van der Waals surface area (Å²) in [6.07, 6.45) is 5.63. The van der Waals surface area contributed by atoms with Gasteiger partial charge in [-0.25, -0.2) is 4.98 Å². The molecule has 2 aromatic rings. The van der Waals surface area contributed by atoms with E-state index in [-0.39, 0.29) is 11.8 Å². The number of carbonyl (C=O) groups excluding carboxylic acids is 2. The molecule has 4 rings (SSSR count). The third kappa shape index (κ3) is 3.89. The van der Waals surface area contributed by atoms with Gasteiger partial charge in [0.2, 0.25) is 5.91 Å². The van der Waals surface area contributed by atoms with Crippen molar-refractivity contribution in [3.05, 3.63) is 47.3 Å². The summed E-state index contributed by atoms with van der Waals surface area (Å²) in [7, 11) is 0. The van der Waals surface area contributed by atoms with Gasteiger partial charge in [-0.15, -0.1) is 0 Å². The number of para-hydroxylation sites is 1. The standard InChI is InChI=1S/C23H29N5O2/c1-3-27(4-2)13-11-24-22(29)17-8-5-7-16(15-17)21-26-19-10-6-9-18-20(19)28(21)14-12-25-23(18)30/h6-7,9-10,15H,3-5,8,11-14H2,1-2H3,(H,24,29)(H,25,30). The molecule has 7 heteroatoms. The minimum Gasteiger partial charge on any atom is -0.351 e. The number of amides is 2. The Labute approximate surface area is 176 Å². The first-order valence-electron chi connectivity index (χ1n) is 10.8. The van der Waals surface area contributed by atoms with Gasteiger partial charge in [-0.1, -0.05) is 26.0 Å². The molecule has 7 nitrogen and oxygen atoms in total. The molecule has 0 unspecified atom stereocenters. The SMILES string of the molecule is CCN(CC)CCNC(=O)C1=CC(c2nc3cccc4c3n2CCNC4=O)=CCC1. The molecule has 30 heavy (non-hydrogen) atoms. The molecule has 1 aliphatic heterocycles. The van der Waals surface area contributed by atoms with Crippen molar-refractivity contribution in [2.24, 2.45) is 0 Å². The number of benzene rings is 1. The molecule has 0 bridgehead atoms. The summed E-state index contributed by atoms with van der Waals surface area (Å²) < 4.78 is 2.10. The highest BCUT2D eigenvalue weighted by atomic mass is 16.2. The predicted molar refractivity (Wildman–Crippen MR) is 118 cm³/mol. The van der Waals surface area contributed by atoms with Gasteiger partial charge in [0.15, 0.2) is 0 Å². The molecule has 0 radical (unpaired) electrons.